The number of hydrogen-bond acceptors (Lipinski definition) is 5. The van der Waals surface area contributed by atoms with Crippen molar-refractivity contribution >= 4 is 33.9 Å². The second kappa shape index (κ2) is 7.08. The minimum Gasteiger partial charge on any atom is -0.382 e. The van der Waals surface area contributed by atoms with E-state index in [2.05, 4.69) is 22.5 Å². The standard InChI is InChI=1S/C15H20N4OS/c1-3-4-5-10-6-8-11(9-7-10)18-14(20)12-13(16)19-15(17-2)21-12/h6-9H,3-5,16H2,1-2H3,(H,17,19)(H,18,20). The maximum atomic E-state index is 12.2. The third kappa shape index (κ3) is 3.95. The summed E-state index contributed by atoms with van der Waals surface area (Å²) in [5.74, 6) is 0.0224. The third-order valence-corrected chi connectivity index (χ3v) is 4.19. The highest BCUT2D eigenvalue weighted by atomic mass is 32.1. The summed E-state index contributed by atoms with van der Waals surface area (Å²) in [6.07, 6.45) is 3.42. The number of nitrogens with two attached hydrogens (primary N) is 1. The maximum Gasteiger partial charge on any atom is 0.269 e. The molecule has 0 unspecified atom stereocenters. The minimum atomic E-state index is -0.229. The van der Waals surface area contributed by atoms with Crippen LogP contribution in [0, 0.1) is 0 Å². The number of aryl methyl sites for hydroxylation is 1. The van der Waals surface area contributed by atoms with Gasteiger partial charge in [-0.2, -0.15) is 0 Å². The lowest BCUT2D eigenvalue weighted by Gasteiger charge is -2.05. The molecule has 4 N–H and O–H groups in total. The molecule has 1 heterocycles. The summed E-state index contributed by atoms with van der Waals surface area (Å²) < 4.78 is 0. The Morgan fingerprint density at radius 1 is 1.33 bits per heavy atom. The topological polar surface area (TPSA) is 80.0 Å². The van der Waals surface area contributed by atoms with Gasteiger partial charge in [-0.05, 0) is 30.5 Å². The molecule has 2 aromatic rings. The highest BCUT2D eigenvalue weighted by Crippen LogP contribution is 2.25. The number of aromatic nitrogens is 1. The summed E-state index contributed by atoms with van der Waals surface area (Å²) in [5, 5.41) is 6.36. The van der Waals surface area contributed by atoms with Crippen LogP contribution in [0.4, 0.5) is 16.6 Å². The van der Waals surface area contributed by atoms with E-state index < -0.39 is 0 Å². The molecule has 0 aliphatic heterocycles. The monoisotopic (exact) mass is 304 g/mol. The number of hydrogen-bond donors (Lipinski definition) is 3. The van der Waals surface area contributed by atoms with Crippen LogP contribution >= 0.6 is 11.3 Å². The van der Waals surface area contributed by atoms with Crippen molar-refractivity contribution < 1.29 is 4.79 Å². The van der Waals surface area contributed by atoms with E-state index in [4.69, 9.17) is 5.73 Å². The number of rotatable bonds is 6. The Bertz CT molecular complexity index is 607. The summed E-state index contributed by atoms with van der Waals surface area (Å²) in [7, 11) is 1.75. The molecule has 1 aromatic heterocycles. The Labute approximate surface area is 128 Å². The molecule has 112 valence electrons. The van der Waals surface area contributed by atoms with E-state index in [-0.39, 0.29) is 11.7 Å². The van der Waals surface area contributed by atoms with Crippen LogP contribution < -0.4 is 16.4 Å². The lowest BCUT2D eigenvalue weighted by molar-refractivity contribution is 0.103. The SMILES string of the molecule is CCCCc1ccc(NC(=O)c2sc(NC)nc2N)cc1. The van der Waals surface area contributed by atoms with Crippen LogP contribution in [0.3, 0.4) is 0 Å². The predicted molar refractivity (Wildman–Crippen MR) is 89.1 cm³/mol. The average Bonchev–Trinajstić information content (AvgIpc) is 2.88. The molecule has 0 aliphatic rings. The van der Waals surface area contributed by atoms with Gasteiger partial charge in [-0.15, -0.1) is 0 Å². The van der Waals surface area contributed by atoms with Crippen molar-refractivity contribution in [1.29, 1.82) is 0 Å². The summed E-state index contributed by atoms with van der Waals surface area (Å²) in [4.78, 5) is 16.7. The van der Waals surface area contributed by atoms with Gasteiger partial charge in [0, 0.05) is 12.7 Å². The van der Waals surface area contributed by atoms with E-state index in [9.17, 15) is 4.79 Å². The molecular weight excluding hydrogens is 284 g/mol. The van der Waals surface area contributed by atoms with Crippen LogP contribution in [0.2, 0.25) is 0 Å². The molecule has 0 atom stereocenters. The van der Waals surface area contributed by atoms with Gasteiger partial charge in [0.25, 0.3) is 5.91 Å². The van der Waals surface area contributed by atoms with Crippen molar-refractivity contribution in [3.63, 3.8) is 0 Å². The van der Waals surface area contributed by atoms with E-state index in [1.807, 2.05) is 24.3 Å². The number of benzene rings is 1. The maximum absolute atomic E-state index is 12.2. The first-order valence-corrected chi connectivity index (χ1v) is 7.80. The zero-order valence-electron chi connectivity index (χ0n) is 12.3. The number of amides is 1. The first-order chi connectivity index (χ1) is 10.1. The largest absolute Gasteiger partial charge is 0.382 e. The van der Waals surface area contributed by atoms with Crippen LogP contribution in [-0.2, 0) is 6.42 Å². The number of nitrogen functional groups attached to an aromatic ring is 1. The van der Waals surface area contributed by atoms with Gasteiger partial charge in [-0.3, -0.25) is 4.79 Å². The Morgan fingerprint density at radius 2 is 2.05 bits per heavy atom. The van der Waals surface area contributed by atoms with Crippen LogP contribution in [0.15, 0.2) is 24.3 Å². The van der Waals surface area contributed by atoms with Gasteiger partial charge in [0.1, 0.15) is 10.7 Å². The van der Waals surface area contributed by atoms with Crippen molar-refractivity contribution in [3.05, 3.63) is 34.7 Å². The van der Waals surface area contributed by atoms with E-state index >= 15 is 0 Å². The Balaban J connectivity index is 2.03. The highest BCUT2D eigenvalue weighted by molar-refractivity contribution is 7.18. The molecule has 0 saturated heterocycles. The van der Waals surface area contributed by atoms with Gasteiger partial charge in [-0.25, -0.2) is 4.98 Å². The number of nitrogens with zero attached hydrogens (tertiary/aromatic N) is 1. The Kier molecular flexibility index (Phi) is 5.16. The molecule has 0 aliphatic carbocycles. The van der Waals surface area contributed by atoms with Crippen molar-refractivity contribution in [2.24, 2.45) is 0 Å². The minimum absolute atomic E-state index is 0.229. The molecule has 0 saturated carbocycles. The van der Waals surface area contributed by atoms with Crippen molar-refractivity contribution in [3.8, 4) is 0 Å². The van der Waals surface area contributed by atoms with Crippen molar-refractivity contribution in [1.82, 2.24) is 4.98 Å². The summed E-state index contributed by atoms with van der Waals surface area (Å²) in [6, 6.07) is 7.92. The van der Waals surface area contributed by atoms with E-state index in [0.717, 1.165) is 12.1 Å². The highest BCUT2D eigenvalue weighted by Gasteiger charge is 2.15. The number of nitrogens with one attached hydrogen (secondary N) is 2. The summed E-state index contributed by atoms with van der Waals surface area (Å²) >= 11 is 1.24. The molecule has 1 amide bonds. The lowest BCUT2D eigenvalue weighted by Crippen LogP contribution is -2.12. The molecule has 21 heavy (non-hydrogen) atoms. The quantitative estimate of drug-likeness (QED) is 0.764. The molecule has 1 aromatic carbocycles. The number of carbonyl (C=O) groups excluding carboxylic acids is 1. The van der Waals surface area contributed by atoms with Crippen molar-refractivity contribution in [2.45, 2.75) is 26.2 Å². The molecule has 0 radical (unpaired) electrons. The fourth-order valence-corrected chi connectivity index (χ4v) is 2.66. The number of thiazole rings is 1. The van der Waals surface area contributed by atoms with Gasteiger partial charge < -0.3 is 16.4 Å². The van der Waals surface area contributed by atoms with Crippen LogP contribution in [0.1, 0.15) is 35.0 Å². The van der Waals surface area contributed by atoms with Gasteiger partial charge in [-0.1, -0.05) is 36.8 Å². The summed E-state index contributed by atoms with van der Waals surface area (Å²) in [6.45, 7) is 2.17. The summed E-state index contributed by atoms with van der Waals surface area (Å²) in [5.41, 5.74) is 7.79. The van der Waals surface area contributed by atoms with E-state index in [1.54, 1.807) is 7.05 Å². The predicted octanol–water partition coefficient (Wildman–Crippen LogP) is 3.36. The second-order valence-corrected chi connectivity index (χ2v) is 5.74. The van der Waals surface area contributed by atoms with E-state index in [0.29, 0.717) is 10.0 Å². The molecule has 2 rings (SSSR count). The van der Waals surface area contributed by atoms with Gasteiger partial charge in [0.15, 0.2) is 5.13 Å². The fourth-order valence-electron chi connectivity index (χ4n) is 1.93. The Morgan fingerprint density at radius 3 is 2.62 bits per heavy atom. The third-order valence-electron chi connectivity index (χ3n) is 3.10. The normalized spacial score (nSPS) is 10.4. The average molecular weight is 304 g/mol. The fraction of sp³-hybridized carbons (Fsp3) is 0.333. The first-order valence-electron chi connectivity index (χ1n) is 6.98. The van der Waals surface area contributed by atoms with Crippen molar-refractivity contribution in [2.75, 3.05) is 23.4 Å². The molecule has 6 heteroatoms. The first kappa shape index (κ1) is 15.3. The number of carbonyl (C=O) groups is 1. The van der Waals surface area contributed by atoms with Gasteiger partial charge >= 0.3 is 0 Å². The zero-order chi connectivity index (χ0) is 15.2. The van der Waals surface area contributed by atoms with Crippen LogP contribution in [0.25, 0.3) is 0 Å². The second-order valence-electron chi connectivity index (χ2n) is 4.74. The lowest BCUT2D eigenvalue weighted by atomic mass is 10.1. The molecule has 5 nitrogen and oxygen atoms in total. The van der Waals surface area contributed by atoms with Gasteiger partial charge in [0.05, 0.1) is 0 Å². The molecular formula is C15H20N4OS. The zero-order valence-corrected chi connectivity index (χ0v) is 13.1. The van der Waals surface area contributed by atoms with Gasteiger partial charge in [0.2, 0.25) is 0 Å². The van der Waals surface area contributed by atoms with E-state index in [1.165, 1.54) is 29.7 Å². The smallest absolute Gasteiger partial charge is 0.269 e. The van der Waals surface area contributed by atoms with Crippen LogP contribution in [0.5, 0.6) is 0 Å². The molecule has 0 bridgehead atoms. The van der Waals surface area contributed by atoms with Crippen LogP contribution in [-0.4, -0.2) is 17.9 Å². The molecule has 0 spiro atoms. The Hall–Kier alpha value is -2.08. The molecule has 0 fully saturated rings. The number of anilines is 3. The number of unbranched alkanes of at least 4 members (excludes halogenated alkanes) is 1.